The average Bonchev–Trinajstić information content (AvgIpc) is 2.74. The first-order valence-electron chi connectivity index (χ1n) is 11.2. The molecule has 1 amide bonds. The molecular weight excluding hydrogens is 378 g/mol. The molecule has 0 spiro atoms. The van der Waals surface area contributed by atoms with Crippen molar-refractivity contribution in [2.45, 2.75) is 45.8 Å². The minimum Gasteiger partial charge on any atom is -0.374 e. The molecular formula is C23H37N5O2. The second-order valence-corrected chi connectivity index (χ2v) is 8.62. The maximum Gasteiger partial charge on any atom is 0.226 e. The number of morpholine rings is 1. The van der Waals surface area contributed by atoms with Crippen LogP contribution in [0.25, 0.3) is 0 Å². The van der Waals surface area contributed by atoms with Crippen molar-refractivity contribution < 1.29 is 9.53 Å². The lowest BCUT2D eigenvalue weighted by atomic mass is 10.1. The van der Waals surface area contributed by atoms with Gasteiger partial charge >= 0.3 is 0 Å². The molecule has 166 valence electrons. The Balaban J connectivity index is 1.43. The van der Waals surface area contributed by atoms with E-state index in [2.05, 4.69) is 46.5 Å². The number of rotatable bonds is 7. The highest BCUT2D eigenvalue weighted by Gasteiger charge is 2.21. The predicted octanol–water partition coefficient (Wildman–Crippen LogP) is 2.23. The third-order valence-electron chi connectivity index (χ3n) is 5.60. The number of nitrogens with one attached hydrogen (secondary N) is 2. The summed E-state index contributed by atoms with van der Waals surface area (Å²) in [4.78, 5) is 20.8. The number of aliphatic imine (C=N–C) groups is 1. The zero-order valence-electron chi connectivity index (χ0n) is 18.7. The van der Waals surface area contributed by atoms with Crippen molar-refractivity contribution in [3.63, 3.8) is 0 Å². The van der Waals surface area contributed by atoms with Crippen molar-refractivity contribution in [3.05, 3.63) is 29.8 Å². The van der Waals surface area contributed by atoms with Gasteiger partial charge in [-0.1, -0.05) is 26.0 Å². The van der Waals surface area contributed by atoms with Crippen LogP contribution in [0.4, 0.5) is 5.69 Å². The van der Waals surface area contributed by atoms with Crippen molar-refractivity contribution in [2.24, 2.45) is 10.9 Å². The Morgan fingerprint density at radius 3 is 2.70 bits per heavy atom. The molecule has 0 saturated carbocycles. The summed E-state index contributed by atoms with van der Waals surface area (Å²) in [6.45, 7) is 10.6. The lowest BCUT2D eigenvalue weighted by molar-refractivity contribution is -0.119. The average molecular weight is 416 g/mol. The minimum absolute atomic E-state index is 0.178. The van der Waals surface area contributed by atoms with Gasteiger partial charge in [0.2, 0.25) is 5.91 Å². The monoisotopic (exact) mass is 415 g/mol. The van der Waals surface area contributed by atoms with E-state index in [9.17, 15) is 4.79 Å². The van der Waals surface area contributed by atoms with E-state index in [0.717, 1.165) is 69.4 Å². The van der Waals surface area contributed by atoms with E-state index < -0.39 is 0 Å². The molecule has 1 unspecified atom stereocenters. The smallest absolute Gasteiger partial charge is 0.226 e. The van der Waals surface area contributed by atoms with Gasteiger partial charge in [0.25, 0.3) is 0 Å². The summed E-state index contributed by atoms with van der Waals surface area (Å²) >= 11 is 0. The van der Waals surface area contributed by atoms with Gasteiger partial charge in [0.15, 0.2) is 5.96 Å². The van der Waals surface area contributed by atoms with Gasteiger partial charge in [0.05, 0.1) is 12.7 Å². The van der Waals surface area contributed by atoms with Crippen molar-refractivity contribution in [1.29, 1.82) is 0 Å². The molecule has 0 aromatic heterocycles. The highest BCUT2D eigenvalue weighted by molar-refractivity contribution is 5.93. The Labute approximate surface area is 180 Å². The van der Waals surface area contributed by atoms with Crippen molar-refractivity contribution >= 4 is 17.6 Å². The van der Waals surface area contributed by atoms with Crippen LogP contribution in [0.15, 0.2) is 29.3 Å². The van der Waals surface area contributed by atoms with E-state index >= 15 is 0 Å². The molecule has 1 aromatic rings. The highest BCUT2D eigenvalue weighted by Crippen LogP contribution is 2.21. The Bertz CT molecular complexity index is 704. The fraction of sp³-hybridized carbons (Fsp3) is 0.652. The second-order valence-electron chi connectivity index (χ2n) is 8.62. The molecule has 2 saturated heterocycles. The number of guanidine groups is 1. The van der Waals surface area contributed by atoms with Crippen molar-refractivity contribution in [2.75, 3.05) is 51.3 Å². The van der Waals surface area contributed by atoms with Crippen LogP contribution in [0.2, 0.25) is 0 Å². The first-order chi connectivity index (χ1) is 14.5. The van der Waals surface area contributed by atoms with Crippen LogP contribution >= 0.6 is 0 Å². The third kappa shape index (κ3) is 6.71. The molecule has 7 heteroatoms. The molecule has 2 N–H and O–H groups in total. The molecule has 2 aliphatic heterocycles. The molecule has 0 bridgehead atoms. The van der Waals surface area contributed by atoms with Gasteiger partial charge in [-0.3, -0.25) is 14.7 Å². The molecule has 0 radical (unpaired) electrons. The topological polar surface area (TPSA) is 69.2 Å². The number of carbonyl (C=O) groups excluding carboxylic acids is 1. The van der Waals surface area contributed by atoms with Crippen LogP contribution in [0, 0.1) is 5.92 Å². The number of hydrogen-bond donors (Lipinski definition) is 2. The van der Waals surface area contributed by atoms with E-state index in [0.29, 0.717) is 18.9 Å². The highest BCUT2D eigenvalue weighted by atomic mass is 16.5. The summed E-state index contributed by atoms with van der Waals surface area (Å²) in [5.74, 6) is 1.68. The number of piperidine rings is 1. The second kappa shape index (κ2) is 11.3. The molecule has 0 aliphatic carbocycles. The van der Waals surface area contributed by atoms with Crippen LogP contribution < -0.4 is 15.5 Å². The lowest BCUT2D eigenvalue weighted by Crippen LogP contribution is -2.50. The van der Waals surface area contributed by atoms with E-state index in [1.54, 1.807) is 7.05 Å². The number of amides is 1. The Morgan fingerprint density at radius 2 is 2.00 bits per heavy atom. The van der Waals surface area contributed by atoms with Gasteiger partial charge in [-0.25, -0.2) is 0 Å². The summed E-state index contributed by atoms with van der Waals surface area (Å²) < 4.78 is 5.91. The molecule has 2 aliphatic rings. The summed E-state index contributed by atoms with van der Waals surface area (Å²) in [6, 6.07) is 8.22. The molecule has 1 aromatic carbocycles. The van der Waals surface area contributed by atoms with Crippen LogP contribution in [-0.4, -0.2) is 69.2 Å². The Hall–Kier alpha value is -2.12. The summed E-state index contributed by atoms with van der Waals surface area (Å²) in [5.41, 5.74) is 2.15. The number of benzene rings is 1. The maximum absolute atomic E-state index is 12.1. The number of carbonyl (C=O) groups is 1. The summed E-state index contributed by atoms with van der Waals surface area (Å²) in [7, 11) is 1.78. The molecule has 2 heterocycles. The third-order valence-corrected chi connectivity index (χ3v) is 5.60. The van der Waals surface area contributed by atoms with Gasteiger partial charge in [0, 0.05) is 58.4 Å². The van der Waals surface area contributed by atoms with Crippen LogP contribution in [0.5, 0.6) is 0 Å². The summed E-state index contributed by atoms with van der Waals surface area (Å²) in [5, 5.41) is 6.75. The Kier molecular flexibility index (Phi) is 8.51. The van der Waals surface area contributed by atoms with Gasteiger partial charge in [0.1, 0.15) is 0 Å². The van der Waals surface area contributed by atoms with Crippen LogP contribution in [0.3, 0.4) is 0 Å². The SMILES string of the molecule is CN=C(NCc1ccc(N2CCCCC2=O)cc1)NCC1CN(CC(C)C)CCO1. The predicted molar refractivity (Wildman–Crippen MR) is 122 cm³/mol. The zero-order valence-corrected chi connectivity index (χ0v) is 18.7. The maximum atomic E-state index is 12.1. The lowest BCUT2D eigenvalue weighted by Gasteiger charge is -2.34. The number of hydrogen-bond acceptors (Lipinski definition) is 4. The fourth-order valence-electron chi connectivity index (χ4n) is 4.08. The minimum atomic E-state index is 0.178. The normalized spacial score (nSPS) is 21.2. The standard InChI is InChI=1S/C23H37N5O2/c1-18(2)16-27-12-13-30-21(17-27)15-26-23(24-3)25-14-19-7-9-20(10-8-19)28-11-5-4-6-22(28)29/h7-10,18,21H,4-6,11-17H2,1-3H3,(H2,24,25,26). The van der Waals surface area contributed by atoms with Crippen molar-refractivity contribution in [1.82, 2.24) is 15.5 Å². The number of ether oxygens (including phenoxy) is 1. The first-order valence-corrected chi connectivity index (χ1v) is 11.2. The van der Waals surface area contributed by atoms with Gasteiger partial charge in [-0.05, 0) is 36.5 Å². The fourth-order valence-corrected chi connectivity index (χ4v) is 4.08. The van der Waals surface area contributed by atoms with Crippen molar-refractivity contribution in [3.8, 4) is 0 Å². The van der Waals surface area contributed by atoms with E-state index in [4.69, 9.17) is 4.74 Å². The largest absolute Gasteiger partial charge is 0.374 e. The molecule has 2 fully saturated rings. The van der Waals surface area contributed by atoms with Gasteiger partial charge in [-0.2, -0.15) is 0 Å². The van der Waals surface area contributed by atoms with E-state index in [-0.39, 0.29) is 12.0 Å². The van der Waals surface area contributed by atoms with Crippen LogP contribution in [-0.2, 0) is 16.1 Å². The summed E-state index contributed by atoms with van der Waals surface area (Å²) in [6.07, 6.45) is 2.92. The molecule has 30 heavy (non-hydrogen) atoms. The number of anilines is 1. The van der Waals surface area contributed by atoms with E-state index in [1.807, 2.05) is 17.0 Å². The van der Waals surface area contributed by atoms with Gasteiger partial charge < -0.3 is 20.3 Å². The van der Waals surface area contributed by atoms with E-state index in [1.165, 1.54) is 0 Å². The quantitative estimate of drug-likeness (QED) is 0.528. The zero-order chi connectivity index (χ0) is 21.3. The first kappa shape index (κ1) is 22.6. The molecule has 3 rings (SSSR count). The molecule has 7 nitrogen and oxygen atoms in total. The van der Waals surface area contributed by atoms with Gasteiger partial charge in [-0.15, -0.1) is 0 Å². The molecule has 1 atom stereocenters. The number of nitrogens with zero attached hydrogens (tertiary/aromatic N) is 3. The Morgan fingerprint density at radius 1 is 1.20 bits per heavy atom. The van der Waals surface area contributed by atoms with Crippen LogP contribution in [0.1, 0.15) is 38.7 Å².